The minimum Gasteiger partial charge on any atom is -0.503 e. The Balaban J connectivity index is 2.07. The fraction of sp³-hybridized carbons (Fsp3) is 0.294. The van der Waals surface area contributed by atoms with Gasteiger partial charge in [-0.1, -0.05) is 26.0 Å². The van der Waals surface area contributed by atoms with Crippen LogP contribution in [0, 0.1) is 0 Å². The van der Waals surface area contributed by atoms with Crippen molar-refractivity contribution >= 4 is 21.6 Å². The van der Waals surface area contributed by atoms with Gasteiger partial charge in [-0.25, -0.2) is 0 Å². The van der Waals surface area contributed by atoms with Crippen molar-refractivity contribution in [2.75, 3.05) is 12.4 Å². The van der Waals surface area contributed by atoms with E-state index in [9.17, 15) is 5.11 Å². The van der Waals surface area contributed by atoms with Gasteiger partial charge in [0, 0.05) is 12.2 Å². The Bertz CT molecular complexity index is 609. The molecule has 0 amide bonds. The van der Waals surface area contributed by atoms with Crippen molar-refractivity contribution in [1.82, 2.24) is 0 Å². The quantitative estimate of drug-likeness (QED) is 0.806. The van der Waals surface area contributed by atoms with E-state index >= 15 is 0 Å². The molecule has 4 heteroatoms. The first-order valence-electron chi connectivity index (χ1n) is 6.90. The Kier molecular flexibility index (Phi) is 5.12. The molecule has 0 radical (unpaired) electrons. The van der Waals surface area contributed by atoms with Gasteiger partial charge in [-0.3, -0.25) is 0 Å². The van der Waals surface area contributed by atoms with Gasteiger partial charge in [-0.2, -0.15) is 0 Å². The van der Waals surface area contributed by atoms with E-state index in [1.165, 1.54) is 5.56 Å². The summed E-state index contributed by atoms with van der Waals surface area (Å²) in [5.74, 6) is 1.13. The van der Waals surface area contributed by atoms with Crippen LogP contribution >= 0.6 is 15.9 Å². The van der Waals surface area contributed by atoms with Crippen LogP contribution in [-0.4, -0.2) is 12.2 Å². The lowest BCUT2D eigenvalue weighted by atomic mass is 10.0. The Hall–Kier alpha value is -1.68. The number of anilines is 1. The largest absolute Gasteiger partial charge is 0.503 e. The Morgan fingerprint density at radius 2 is 1.86 bits per heavy atom. The number of rotatable bonds is 5. The molecule has 2 N–H and O–H groups in total. The summed E-state index contributed by atoms with van der Waals surface area (Å²) >= 11 is 3.33. The maximum Gasteiger partial charge on any atom is 0.172 e. The van der Waals surface area contributed by atoms with Gasteiger partial charge in [0.15, 0.2) is 11.5 Å². The molecular formula is C17H20BrNO2. The van der Waals surface area contributed by atoms with Crippen LogP contribution in [0.15, 0.2) is 40.9 Å². The zero-order chi connectivity index (χ0) is 15.4. The number of phenols is 1. The summed E-state index contributed by atoms with van der Waals surface area (Å²) in [5.41, 5.74) is 3.43. The third kappa shape index (κ3) is 3.91. The molecular weight excluding hydrogens is 330 g/mol. The molecule has 0 aliphatic carbocycles. The zero-order valence-electron chi connectivity index (χ0n) is 12.5. The molecule has 2 aromatic rings. The van der Waals surface area contributed by atoms with Crippen LogP contribution in [0.2, 0.25) is 0 Å². The second-order valence-corrected chi connectivity index (χ2v) is 6.11. The molecule has 112 valence electrons. The summed E-state index contributed by atoms with van der Waals surface area (Å²) in [6.45, 7) is 5.03. The van der Waals surface area contributed by atoms with Gasteiger partial charge in [0.1, 0.15) is 0 Å². The number of hydrogen-bond donors (Lipinski definition) is 2. The molecule has 2 aromatic carbocycles. The van der Waals surface area contributed by atoms with Crippen molar-refractivity contribution in [2.45, 2.75) is 26.3 Å². The number of ether oxygens (including phenoxy) is 1. The molecule has 0 spiro atoms. The fourth-order valence-corrected chi connectivity index (χ4v) is 2.56. The van der Waals surface area contributed by atoms with Crippen molar-refractivity contribution in [1.29, 1.82) is 0 Å². The summed E-state index contributed by atoms with van der Waals surface area (Å²) in [6, 6.07) is 12.2. The smallest absolute Gasteiger partial charge is 0.172 e. The van der Waals surface area contributed by atoms with Gasteiger partial charge in [0.25, 0.3) is 0 Å². The van der Waals surface area contributed by atoms with E-state index in [2.05, 4.69) is 59.4 Å². The molecule has 0 saturated heterocycles. The lowest BCUT2D eigenvalue weighted by Crippen LogP contribution is -2.00. The lowest BCUT2D eigenvalue weighted by Gasteiger charge is -2.12. The third-order valence-corrected chi connectivity index (χ3v) is 3.99. The Labute approximate surface area is 134 Å². The molecule has 2 rings (SSSR count). The topological polar surface area (TPSA) is 41.5 Å². The molecule has 0 aromatic heterocycles. The number of methoxy groups -OCH3 is 1. The minimum atomic E-state index is 0.127. The van der Waals surface area contributed by atoms with E-state index in [0.29, 0.717) is 22.7 Å². The lowest BCUT2D eigenvalue weighted by molar-refractivity contribution is 0.371. The SMILES string of the molecule is COc1cc(CNc2ccc(C(C)C)cc2)cc(Br)c1O. The molecule has 21 heavy (non-hydrogen) atoms. The molecule has 0 bridgehead atoms. The van der Waals surface area contributed by atoms with E-state index in [4.69, 9.17) is 4.74 Å². The van der Waals surface area contributed by atoms with Crippen molar-refractivity contribution in [3.63, 3.8) is 0 Å². The van der Waals surface area contributed by atoms with Crippen LogP contribution in [0.4, 0.5) is 5.69 Å². The predicted octanol–water partition coefficient (Wildman–Crippen LogP) is 4.90. The molecule has 0 unspecified atom stereocenters. The van der Waals surface area contributed by atoms with Gasteiger partial charge >= 0.3 is 0 Å². The van der Waals surface area contributed by atoms with Crippen molar-refractivity contribution in [3.8, 4) is 11.5 Å². The average Bonchev–Trinajstić information content (AvgIpc) is 2.48. The monoisotopic (exact) mass is 349 g/mol. The second-order valence-electron chi connectivity index (χ2n) is 5.26. The molecule has 0 fully saturated rings. The van der Waals surface area contributed by atoms with E-state index in [-0.39, 0.29) is 5.75 Å². The zero-order valence-corrected chi connectivity index (χ0v) is 14.1. The maximum atomic E-state index is 9.80. The number of nitrogens with one attached hydrogen (secondary N) is 1. The van der Waals surface area contributed by atoms with Crippen LogP contribution < -0.4 is 10.1 Å². The van der Waals surface area contributed by atoms with Crippen LogP contribution in [0.1, 0.15) is 30.9 Å². The van der Waals surface area contributed by atoms with E-state index in [0.717, 1.165) is 11.3 Å². The van der Waals surface area contributed by atoms with Crippen LogP contribution in [0.5, 0.6) is 11.5 Å². The average molecular weight is 350 g/mol. The number of phenolic OH excluding ortho intramolecular Hbond substituents is 1. The highest BCUT2D eigenvalue weighted by Gasteiger charge is 2.08. The molecule has 0 saturated carbocycles. The fourth-order valence-electron chi connectivity index (χ4n) is 2.07. The highest BCUT2D eigenvalue weighted by atomic mass is 79.9. The number of hydrogen-bond acceptors (Lipinski definition) is 3. The van der Waals surface area contributed by atoms with Gasteiger partial charge < -0.3 is 15.2 Å². The standard InChI is InChI=1S/C17H20BrNO2/c1-11(2)13-4-6-14(7-5-13)19-10-12-8-15(18)17(20)16(9-12)21-3/h4-9,11,19-20H,10H2,1-3H3. The van der Waals surface area contributed by atoms with Crippen LogP contribution in [0.3, 0.4) is 0 Å². The van der Waals surface area contributed by atoms with Crippen molar-refractivity contribution in [2.24, 2.45) is 0 Å². The summed E-state index contributed by atoms with van der Waals surface area (Å²) < 4.78 is 5.79. The second kappa shape index (κ2) is 6.85. The molecule has 0 aliphatic heterocycles. The minimum absolute atomic E-state index is 0.127. The number of halogens is 1. The highest BCUT2D eigenvalue weighted by Crippen LogP contribution is 2.35. The maximum absolute atomic E-state index is 9.80. The molecule has 0 heterocycles. The van der Waals surface area contributed by atoms with E-state index in [1.54, 1.807) is 7.11 Å². The van der Waals surface area contributed by atoms with Crippen molar-refractivity contribution < 1.29 is 9.84 Å². The number of benzene rings is 2. The Morgan fingerprint density at radius 3 is 2.43 bits per heavy atom. The summed E-state index contributed by atoms with van der Waals surface area (Å²) in [6.07, 6.45) is 0. The van der Waals surface area contributed by atoms with E-state index < -0.39 is 0 Å². The summed E-state index contributed by atoms with van der Waals surface area (Å²) in [7, 11) is 1.54. The first kappa shape index (κ1) is 15.7. The molecule has 0 aliphatic rings. The molecule has 3 nitrogen and oxygen atoms in total. The highest BCUT2D eigenvalue weighted by molar-refractivity contribution is 9.10. The first-order chi connectivity index (χ1) is 10.0. The summed E-state index contributed by atoms with van der Waals surface area (Å²) in [5, 5.41) is 13.2. The van der Waals surface area contributed by atoms with Crippen molar-refractivity contribution in [3.05, 3.63) is 52.0 Å². The summed E-state index contributed by atoms with van der Waals surface area (Å²) in [4.78, 5) is 0. The van der Waals surface area contributed by atoms with Crippen LogP contribution in [-0.2, 0) is 6.54 Å². The number of aromatic hydroxyl groups is 1. The van der Waals surface area contributed by atoms with Gasteiger partial charge in [-0.05, 0) is 57.2 Å². The van der Waals surface area contributed by atoms with Gasteiger partial charge in [0.2, 0.25) is 0 Å². The van der Waals surface area contributed by atoms with E-state index in [1.807, 2.05) is 12.1 Å². The van der Waals surface area contributed by atoms with Gasteiger partial charge in [-0.15, -0.1) is 0 Å². The molecule has 0 atom stereocenters. The first-order valence-corrected chi connectivity index (χ1v) is 7.69. The third-order valence-electron chi connectivity index (χ3n) is 3.38. The van der Waals surface area contributed by atoms with Crippen LogP contribution in [0.25, 0.3) is 0 Å². The Morgan fingerprint density at radius 1 is 1.19 bits per heavy atom. The normalized spacial score (nSPS) is 10.7. The van der Waals surface area contributed by atoms with Gasteiger partial charge in [0.05, 0.1) is 11.6 Å². The predicted molar refractivity (Wildman–Crippen MR) is 90.2 cm³/mol.